The van der Waals surface area contributed by atoms with Gasteiger partial charge in [0.05, 0.1) is 0 Å². The molecule has 18 heavy (non-hydrogen) atoms. The van der Waals surface area contributed by atoms with Crippen molar-refractivity contribution in [2.75, 3.05) is 13.1 Å². The topological polar surface area (TPSA) is 3.24 Å². The first-order chi connectivity index (χ1) is 8.74. The van der Waals surface area contributed by atoms with Crippen LogP contribution >= 0.6 is 0 Å². The van der Waals surface area contributed by atoms with Gasteiger partial charge in [-0.2, -0.15) is 0 Å². The Labute approximate surface area is 111 Å². The van der Waals surface area contributed by atoms with E-state index < -0.39 is 0 Å². The van der Waals surface area contributed by atoms with Crippen LogP contribution in [0.15, 0.2) is 24.3 Å². The highest BCUT2D eigenvalue weighted by atomic mass is 15.1. The van der Waals surface area contributed by atoms with Crippen LogP contribution in [0.3, 0.4) is 0 Å². The molecular weight excluding hydrogens is 218 g/mol. The van der Waals surface area contributed by atoms with Crippen molar-refractivity contribution in [2.24, 2.45) is 11.8 Å². The van der Waals surface area contributed by atoms with Gasteiger partial charge in [0.2, 0.25) is 0 Å². The van der Waals surface area contributed by atoms with E-state index in [2.05, 4.69) is 43.0 Å². The summed E-state index contributed by atoms with van der Waals surface area (Å²) in [4.78, 5) is 2.64. The Balaban J connectivity index is 1.60. The third-order valence-electron chi connectivity index (χ3n) is 5.05. The van der Waals surface area contributed by atoms with E-state index in [0.717, 1.165) is 17.9 Å². The molecule has 1 fully saturated rings. The Morgan fingerprint density at radius 1 is 0.944 bits per heavy atom. The molecule has 1 saturated heterocycles. The largest absolute Gasteiger partial charge is 0.301 e. The van der Waals surface area contributed by atoms with Crippen molar-refractivity contribution in [3.05, 3.63) is 35.4 Å². The first-order valence-corrected chi connectivity index (χ1v) is 7.55. The second kappa shape index (κ2) is 5.05. The van der Waals surface area contributed by atoms with Gasteiger partial charge in [-0.05, 0) is 75.6 Å². The minimum absolute atomic E-state index is 0.728. The zero-order chi connectivity index (χ0) is 12.5. The Kier molecular flexibility index (Phi) is 3.43. The van der Waals surface area contributed by atoms with E-state index in [4.69, 9.17) is 0 Å². The van der Waals surface area contributed by atoms with Gasteiger partial charge in [-0.15, -0.1) is 0 Å². The van der Waals surface area contributed by atoms with Crippen LogP contribution in [-0.2, 0) is 12.8 Å². The van der Waals surface area contributed by atoms with E-state index in [-0.39, 0.29) is 0 Å². The van der Waals surface area contributed by atoms with E-state index in [9.17, 15) is 0 Å². The first kappa shape index (κ1) is 12.2. The van der Waals surface area contributed by atoms with Crippen LogP contribution in [0.25, 0.3) is 0 Å². The minimum atomic E-state index is 0.728. The SMILES string of the molecule is CC(C)N1CCC(C2Cc3ccccc3C2)CC1. The third-order valence-corrected chi connectivity index (χ3v) is 5.05. The first-order valence-electron chi connectivity index (χ1n) is 7.55. The van der Waals surface area contributed by atoms with Crippen LogP contribution in [0.2, 0.25) is 0 Å². The van der Waals surface area contributed by atoms with E-state index in [0.29, 0.717) is 0 Å². The van der Waals surface area contributed by atoms with Crippen LogP contribution in [0.4, 0.5) is 0 Å². The summed E-state index contributed by atoms with van der Waals surface area (Å²) >= 11 is 0. The van der Waals surface area contributed by atoms with E-state index in [1.54, 1.807) is 11.1 Å². The van der Waals surface area contributed by atoms with Gasteiger partial charge in [-0.25, -0.2) is 0 Å². The molecule has 3 rings (SSSR count). The molecule has 1 heterocycles. The fraction of sp³-hybridized carbons (Fsp3) is 0.647. The number of likely N-dealkylation sites (tertiary alicyclic amines) is 1. The van der Waals surface area contributed by atoms with Crippen molar-refractivity contribution in [3.8, 4) is 0 Å². The molecule has 2 aliphatic rings. The fourth-order valence-corrected chi connectivity index (χ4v) is 3.83. The number of hydrogen-bond acceptors (Lipinski definition) is 1. The van der Waals surface area contributed by atoms with Crippen LogP contribution in [-0.4, -0.2) is 24.0 Å². The Morgan fingerprint density at radius 2 is 1.50 bits per heavy atom. The highest BCUT2D eigenvalue weighted by molar-refractivity contribution is 5.32. The molecule has 1 nitrogen and oxygen atoms in total. The quantitative estimate of drug-likeness (QED) is 0.768. The summed E-state index contributed by atoms with van der Waals surface area (Å²) in [6, 6.07) is 9.79. The number of piperidine rings is 1. The molecule has 0 N–H and O–H groups in total. The number of fused-ring (bicyclic) bond motifs is 1. The Morgan fingerprint density at radius 3 is 2.00 bits per heavy atom. The van der Waals surface area contributed by atoms with Gasteiger partial charge in [0.25, 0.3) is 0 Å². The maximum Gasteiger partial charge on any atom is 0.00385 e. The number of benzene rings is 1. The summed E-state index contributed by atoms with van der Waals surface area (Å²) in [5.41, 5.74) is 3.24. The summed E-state index contributed by atoms with van der Waals surface area (Å²) in [5, 5.41) is 0. The van der Waals surface area contributed by atoms with Gasteiger partial charge in [0, 0.05) is 6.04 Å². The normalized spacial score (nSPS) is 22.6. The second-order valence-corrected chi connectivity index (χ2v) is 6.40. The van der Waals surface area contributed by atoms with Gasteiger partial charge in [0.15, 0.2) is 0 Å². The number of rotatable bonds is 2. The molecule has 1 aromatic carbocycles. The lowest BCUT2D eigenvalue weighted by Crippen LogP contribution is -2.40. The zero-order valence-electron chi connectivity index (χ0n) is 11.7. The molecule has 0 aromatic heterocycles. The lowest BCUT2D eigenvalue weighted by Gasteiger charge is -2.37. The van der Waals surface area contributed by atoms with Crippen molar-refractivity contribution in [1.82, 2.24) is 4.90 Å². The average Bonchev–Trinajstić information content (AvgIpc) is 2.82. The molecule has 0 bridgehead atoms. The predicted octanol–water partition coefficient (Wildman–Crippen LogP) is 3.52. The molecule has 0 spiro atoms. The zero-order valence-corrected chi connectivity index (χ0v) is 11.7. The van der Waals surface area contributed by atoms with Gasteiger partial charge < -0.3 is 4.90 Å². The molecule has 1 aliphatic heterocycles. The fourth-order valence-electron chi connectivity index (χ4n) is 3.83. The third kappa shape index (κ3) is 2.33. The second-order valence-electron chi connectivity index (χ2n) is 6.40. The molecule has 98 valence electrons. The monoisotopic (exact) mass is 243 g/mol. The van der Waals surface area contributed by atoms with Crippen molar-refractivity contribution in [3.63, 3.8) is 0 Å². The number of nitrogens with zero attached hydrogens (tertiary/aromatic N) is 1. The van der Waals surface area contributed by atoms with Crippen LogP contribution < -0.4 is 0 Å². The molecule has 1 aliphatic carbocycles. The van der Waals surface area contributed by atoms with Gasteiger partial charge >= 0.3 is 0 Å². The summed E-state index contributed by atoms with van der Waals surface area (Å²) in [6.07, 6.45) is 5.50. The van der Waals surface area contributed by atoms with Crippen LogP contribution in [0.1, 0.15) is 37.8 Å². The summed E-state index contributed by atoms with van der Waals surface area (Å²) in [5.74, 6) is 1.89. The van der Waals surface area contributed by atoms with Crippen molar-refractivity contribution < 1.29 is 0 Å². The lowest BCUT2D eigenvalue weighted by atomic mass is 9.82. The van der Waals surface area contributed by atoms with E-state index in [1.807, 2.05) is 0 Å². The smallest absolute Gasteiger partial charge is 0.00385 e. The highest BCUT2D eigenvalue weighted by Gasteiger charge is 2.31. The summed E-state index contributed by atoms with van der Waals surface area (Å²) in [7, 11) is 0. The molecule has 0 amide bonds. The Bertz CT molecular complexity index is 377. The van der Waals surface area contributed by atoms with E-state index in [1.165, 1.54) is 38.8 Å². The van der Waals surface area contributed by atoms with Crippen molar-refractivity contribution >= 4 is 0 Å². The molecule has 1 aromatic rings. The van der Waals surface area contributed by atoms with Gasteiger partial charge in [-0.3, -0.25) is 0 Å². The minimum Gasteiger partial charge on any atom is -0.301 e. The molecular formula is C17H25N. The summed E-state index contributed by atoms with van der Waals surface area (Å²) < 4.78 is 0. The molecule has 0 radical (unpaired) electrons. The van der Waals surface area contributed by atoms with Crippen molar-refractivity contribution in [1.29, 1.82) is 0 Å². The molecule has 0 saturated carbocycles. The maximum absolute atomic E-state index is 2.64. The van der Waals surface area contributed by atoms with Crippen molar-refractivity contribution in [2.45, 2.75) is 45.6 Å². The van der Waals surface area contributed by atoms with Crippen LogP contribution in [0.5, 0.6) is 0 Å². The van der Waals surface area contributed by atoms with Gasteiger partial charge in [0.1, 0.15) is 0 Å². The molecule has 0 atom stereocenters. The lowest BCUT2D eigenvalue weighted by molar-refractivity contribution is 0.123. The van der Waals surface area contributed by atoms with Gasteiger partial charge in [-0.1, -0.05) is 24.3 Å². The maximum atomic E-state index is 2.64. The number of hydrogen-bond donors (Lipinski definition) is 0. The average molecular weight is 243 g/mol. The molecule has 1 heteroatoms. The standard InChI is InChI=1S/C17H25N/c1-13(2)18-9-7-14(8-10-18)17-11-15-5-3-4-6-16(15)12-17/h3-6,13-14,17H,7-12H2,1-2H3. The predicted molar refractivity (Wildman–Crippen MR) is 76.8 cm³/mol. The Hall–Kier alpha value is -0.820. The summed E-state index contributed by atoms with van der Waals surface area (Å²) in [6.45, 7) is 7.28. The highest BCUT2D eigenvalue weighted by Crippen LogP contribution is 2.36. The van der Waals surface area contributed by atoms with E-state index >= 15 is 0 Å². The molecule has 0 unspecified atom stereocenters. The van der Waals surface area contributed by atoms with Crippen LogP contribution in [0, 0.1) is 11.8 Å².